The zero-order valence-electron chi connectivity index (χ0n) is 12.3. The number of para-hydroxylation sites is 3. The van der Waals surface area contributed by atoms with Gasteiger partial charge in [0.05, 0.1) is 24.5 Å². The monoisotopic (exact) mass is 295 g/mol. The molecule has 0 fully saturated rings. The highest BCUT2D eigenvalue weighted by molar-refractivity contribution is 5.80. The van der Waals surface area contributed by atoms with Crippen LogP contribution in [0.4, 0.5) is 0 Å². The van der Waals surface area contributed by atoms with Crippen molar-refractivity contribution in [2.24, 2.45) is 0 Å². The standard InChI is InChI=1S/C17H17N3O2/c1-22-16-9-5-2-6-13(16)10-18-17(21)11-20-12-19-14-7-3-4-8-15(14)20/h2-9,12H,10-11H2,1H3,(H,18,21). The number of rotatable bonds is 5. The van der Waals surface area contributed by atoms with Gasteiger partial charge >= 0.3 is 0 Å². The van der Waals surface area contributed by atoms with Crippen molar-refractivity contribution in [1.82, 2.24) is 14.9 Å². The van der Waals surface area contributed by atoms with Crippen LogP contribution in [-0.2, 0) is 17.9 Å². The molecule has 1 amide bonds. The summed E-state index contributed by atoms with van der Waals surface area (Å²) in [6, 6.07) is 15.4. The van der Waals surface area contributed by atoms with E-state index in [1.165, 1.54) is 0 Å². The van der Waals surface area contributed by atoms with Crippen LogP contribution in [0.15, 0.2) is 54.9 Å². The fraction of sp³-hybridized carbons (Fsp3) is 0.176. The van der Waals surface area contributed by atoms with Gasteiger partial charge in [-0.15, -0.1) is 0 Å². The number of methoxy groups -OCH3 is 1. The van der Waals surface area contributed by atoms with E-state index in [4.69, 9.17) is 4.74 Å². The average Bonchev–Trinajstić information content (AvgIpc) is 2.96. The van der Waals surface area contributed by atoms with E-state index in [1.807, 2.05) is 53.1 Å². The third-order valence-electron chi connectivity index (χ3n) is 3.51. The summed E-state index contributed by atoms with van der Waals surface area (Å²) in [6.45, 7) is 0.686. The molecule has 0 unspecified atom stereocenters. The second-order valence-corrected chi connectivity index (χ2v) is 4.95. The van der Waals surface area contributed by atoms with Gasteiger partial charge in [0.1, 0.15) is 12.3 Å². The summed E-state index contributed by atoms with van der Waals surface area (Å²) in [6.07, 6.45) is 1.69. The Kier molecular flexibility index (Phi) is 4.05. The van der Waals surface area contributed by atoms with Crippen LogP contribution in [0.2, 0.25) is 0 Å². The number of hydrogen-bond donors (Lipinski definition) is 1. The number of ether oxygens (including phenoxy) is 1. The maximum atomic E-state index is 12.1. The fourth-order valence-corrected chi connectivity index (χ4v) is 2.39. The summed E-state index contributed by atoms with van der Waals surface area (Å²) in [4.78, 5) is 16.4. The first-order valence-electron chi connectivity index (χ1n) is 7.06. The lowest BCUT2D eigenvalue weighted by Gasteiger charge is -2.10. The van der Waals surface area contributed by atoms with Crippen molar-refractivity contribution >= 4 is 16.9 Å². The van der Waals surface area contributed by atoms with Crippen LogP contribution in [0.5, 0.6) is 5.75 Å². The molecule has 2 aromatic carbocycles. The molecule has 3 aromatic rings. The third-order valence-corrected chi connectivity index (χ3v) is 3.51. The number of benzene rings is 2. The van der Waals surface area contributed by atoms with Gasteiger partial charge in [0, 0.05) is 12.1 Å². The smallest absolute Gasteiger partial charge is 0.240 e. The molecule has 0 radical (unpaired) electrons. The first-order chi connectivity index (χ1) is 10.8. The molecule has 0 aliphatic carbocycles. The maximum Gasteiger partial charge on any atom is 0.240 e. The molecule has 5 heteroatoms. The van der Waals surface area contributed by atoms with Gasteiger partial charge in [0.25, 0.3) is 0 Å². The number of amides is 1. The summed E-state index contributed by atoms with van der Waals surface area (Å²) in [5, 5.41) is 2.91. The molecule has 0 saturated carbocycles. The summed E-state index contributed by atoms with van der Waals surface area (Å²) in [5.74, 6) is 0.713. The molecule has 1 aromatic heterocycles. The first-order valence-corrected chi connectivity index (χ1v) is 7.06. The van der Waals surface area contributed by atoms with Crippen molar-refractivity contribution in [3.63, 3.8) is 0 Å². The van der Waals surface area contributed by atoms with E-state index < -0.39 is 0 Å². The zero-order chi connectivity index (χ0) is 15.4. The van der Waals surface area contributed by atoms with Crippen molar-refractivity contribution in [2.45, 2.75) is 13.1 Å². The van der Waals surface area contributed by atoms with Crippen LogP contribution in [0.3, 0.4) is 0 Å². The van der Waals surface area contributed by atoms with Gasteiger partial charge in [-0.25, -0.2) is 4.98 Å². The molecule has 112 valence electrons. The highest BCUT2D eigenvalue weighted by Crippen LogP contribution is 2.16. The van der Waals surface area contributed by atoms with Crippen LogP contribution in [-0.4, -0.2) is 22.6 Å². The summed E-state index contributed by atoms with van der Waals surface area (Å²) < 4.78 is 7.11. The molecule has 0 atom stereocenters. The molecule has 3 rings (SSSR count). The van der Waals surface area contributed by atoms with E-state index in [2.05, 4.69) is 10.3 Å². The zero-order valence-corrected chi connectivity index (χ0v) is 12.3. The lowest BCUT2D eigenvalue weighted by atomic mass is 10.2. The van der Waals surface area contributed by atoms with Crippen LogP contribution in [0.1, 0.15) is 5.56 Å². The SMILES string of the molecule is COc1ccccc1CNC(=O)Cn1cnc2ccccc21. The second-order valence-electron chi connectivity index (χ2n) is 4.95. The van der Waals surface area contributed by atoms with Crippen LogP contribution < -0.4 is 10.1 Å². The third kappa shape index (κ3) is 2.93. The quantitative estimate of drug-likeness (QED) is 0.786. The van der Waals surface area contributed by atoms with Gasteiger partial charge in [-0.2, -0.15) is 0 Å². The minimum atomic E-state index is -0.0611. The predicted molar refractivity (Wildman–Crippen MR) is 84.6 cm³/mol. The molecular weight excluding hydrogens is 278 g/mol. The van der Waals surface area contributed by atoms with Crippen molar-refractivity contribution in [1.29, 1.82) is 0 Å². The fourth-order valence-electron chi connectivity index (χ4n) is 2.39. The van der Waals surface area contributed by atoms with Crippen molar-refractivity contribution in [2.75, 3.05) is 7.11 Å². The van der Waals surface area contributed by atoms with Crippen molar-refractivity contribution in [3.05, 3.63) is 60.4 Å². The van der Waals surface area contributed by atoms with E-state index in [1.54, 1.807) is 13.4 Å². The van der Waals surface area contributed by atoms with E-state index in [0.717, 1.165) is 22.3 Å². The summed E-state index contributed by atoms with van der Waals surface area (Å²) >= 11 is 0. The van der Waals surface area contributed by atoms with E-state index in [0.29, 0.717) is 6.54 Å². The molecule has 0 aliphatic heterocycles. The minimum absolute atomic E-state index is 0.0611. The summed E-state index contributed by atoms with van der Waals surface area (Å²) in [7, 11) is 1.62. The van der Waals surface area contributed by atoms with Crippen LogP contribution in [0, 0.1) is 0 Å². The maximum absolute atomic E-state index is 12.1. The largest absolute Gasteiger partial charge is 0.496 e. The number of nitrogens with one attached hydrogen (secondary N) is 1. The molecule has 0 bridgehead atoms. The van der Waals surface area contributed by atoms with Crippen molar-refractivity contribution < 1.29 is 9.53 Å². The highest BCUT2D eigenvalue weighted by Gasteiger charge is 2.08. The number of fused-ring (bicyclic) bond motifs is 1. The predicted octanol–water partition coefficient (Wildman–Crippen LogP) is 2.36. The van der Waals surface area contributed by atoms with Gasteiger partial charge in [0.15, 0.2) is 0 Å². The molecule has 22 heavy (non-hydrogen) atoms. The van der Waals surface area contributed by atoms with Crippen LogP contribution >= 0.6 is 0 Å². The molecule has 1 heterocycles. The Morgan fingerprint density at radius 3 is 2.82 bits per heavy atom. The van der Waals surface area contributed by atoms with Crippen molar-refractivity contribution in [3.8, 4) is 5.75 Å². The number of hydrogen-bond acceptors (Lipinski definition) is 3. The Bertz CT molecular complexity index is 795. The number of nitrogens with zero attached hydrogens (tertiary/aromatic N) is 2. The Morgan fingerprint density at radius 2 is 1.95 bits per heavy atom. The van der Waals surface area contributed by atoms with Gasteiger partial charge in [-0.05, 0) is 18.2 Å². The van der Waals surface area contributed by atoms with Gasteiger partial charge in [-0.1, -0.05) is 30.3 Å². The number of carbonyl (C=O) groups excluding carboxylic acids is 1. The Hall–Kier alpha value is -2.82. The lowest BCUT2D eigenvalue weighted by molar-refractivity contribution is -0.121. The normalized spacial score (nSPS) is 10.6. The minimum Gasteiger partial charge on any atom is -0.496 e. The molecule has 0 spiro atoms. The molecule has 0 aliphatic rings. The number of carbonyl (C=O) groups is 1. The molecule has 1 N–H and O–H groups in total. The Labute approximate surface area is 128 Å². The topological polar surface area (TPSA) is 56.1 Å². The first kappa shape index (κ1) is 14.1. The van der Waals surface area contributed by atoms with E-state index in [9.17, 15) is 4.79 Å². The van der Waals surface area contributed by atoms with E-state index >= 15 is 0 Å². The lowest BCUT2D eigenvalue weighted by Crippen LogP contribution is -2.27. The van der Waals surface area contributed by atoms with Gasteiger partial charge < -0.3 is 14.6 Å². The second kappa shape index (κ2) is 6.30. The highest BCUT2D eigenvalue weighted by atomic mass is 16.5. The molecule has 5 nitrogen and oxygen atoms in total. The number of aromatic nitrogens is 2. The van der Waals surface area contributed by atoms with E-state index in [-0.39, 0.29) is 12.5 Å². The van der Waals surface area contributed by atoms with Gasteiger partial charge in [0.2, 0.25) is 5.91 Å². The summed E-state index contributed by atoms with van der Waals surface area (Å²) in [5.41, 5.74) is 2.80. The number of imidazole rings is 1. The molecule has 0 saturated heterocycles. The Morgan fingerprint density at radius 1 is 1.18 bits per heavy atom. The Balaban J connectivity index is 1.65. The van der Waals surface area contributed by atoms with Crippen LogP contribution in [0.25, 0.3) is 11.0 Å². The molecular formula is C17H17N3O2. The van der Waals surface area contributed by atoms with Gasteiger partial charge in [-0.3, -0.25) is 4.79 Å². The average molecular weight is 295 g/mol.